The minimum atomic E-state index is -0.345. The van der Waals surface area contributed by atoms with E-state index in [9.17, 15) is 4.79 Å². The van der Waals surface area contributed by atoms with Gasteiger partial charge in [0.1, 0.15) is 4.88 Å². The molecular formula is C11H10BrN5O2S. The number of aryl methyl sites for hydroxylation is 1. The van der Waals surface area contributed by atoms with Crippen LogP contribution in [0.3, 0.4) is 0 Å². The highest BCUT2D eigenvalue weighted by molar-refractivity contribution is 9.10. The van der Waals surface area contributed by atoms with Crippen molar-refractivity contribution >= 4 is 44.9 Å². The van der Waals surface area contributed by atoms with Crippen molar-refractivity contribution in [2.45, 2.75) is 6.92 Å². The number of nitrogens with zero attached hydrogens (tertiary/aromatic N) is 3. The maximum absolute atomic E-state index is 12.1. The van der Waals surface area contributed by atoms with Crippen molar-refractivity contribution in [3.8, 4) is 0 Å². The fourth-order valence-electron chi connectivity index (χ4n) is 1.52. The van der Waals surface area contributed by atoms with Crippen LogP contribution in [0, 0.1) is 6.92 Å². The maximum atomic E-state index is 12.1. The Morgan fingerprint density at radius 1 is 1.55 bits per heavy atom. The third-order valence-corrected chi connectivity index (χ3v) is 3.79. The first-order chi connectivity index (χ1) is 9.52. The van der Waals surface area contributed by atoms with Crippen molar-refractivity contribution in [3.05, 3.63) is 38.8 Å². The quantitative estimate of drug-likeness (QED) is 0.337. The number of hydrogen-bond donors (Lipinski definition) is 3. The van der Waals surface area contributed by atoms with Gasteiger partial charge in [0.2, 0.25) is 0 Å². The standard InChI is InChI=1S/C11H10BrN5O2S/c1-5-9(20-17-15-5)11(18)14-8-4-6(12)2-3-7(8)10(13)16-19/h2-4,19H,1H3,(H2,13,16)(H,14,18). The summed E-state index contributed by atoms with van der Waals surface area (Å²) in [5.74, 6) is -0.436. The molecule has 0 radical (unpaired) electrons. The van der Waals surface area contributed by atoms with Crippen LogP contribution in [-0.2, 0) is 0 Å². The van der Waals surface area contributed by atoms with Gasteiger partial charge in [-0.15, -0.1) is 5.10 Å². The van der Waals surface area contributed by atoms with E-state index in [0.29, 0.717) is 21.8 Å². The number of nitrogens with one attached hydrogen (secondary N) is 1. The van der Waals surface area contributed by atoms with Crippen LogP contribution < -0.4 is 11.1 Å². The van der Waals surface area contributed by atoms with E-state index in [0.717, 1.165) is 16.0 Å². The molecule has 0 saturated heterocycles. The molecule has 1 aromatic heterocycles. The van der Waals surface area contributed by atoms with Gasteiger partial charge in [-0.1, -0.05) is 25.6 Å². The van der Waals surface area contributed by atoms with Crippen LogP contribution >= 0.6 is 27.5 Å². The van der Waals surface area contributed by atoms with Gasteiger partial charge in [-0.05, 0) is 36.7 Å². The predicted molar refractivity (Wildman–Crippen MR) is 79.3 cm³/mol. The molecule has 1 amide bonds. The molecule has 1 aromatic carbocycles. The zero-order valence-electron chi connectivity index (χ0n) is 10.3. The summed E-state index contributed by atoms with van der Waals surface area (Å²) in [6.07, 6.45) is 0. The molecule has 4 N–H and O–H groups in total. The minimum absolute atomic E-state index is 0.0908. The first-order valence-electron chi connectivity index (χ1n) is 5.40. The number of benzene rings is 1. The van der Waals surface area contributed by atoms with E-state index in [1.54, 1.807) is 25.1 Å². The van der Waals surface area contributed by atoms with E-state index in [4.69, 9.17) is 10.9 Å². The van der Waals surface area contributed by atoms with E-state index in [-0.39, 0.29) is 11.7 Å². The number of halogens is 1. The summed E-state index contributed by atoms with van der Waals surface area (Å²) in [5.41, 5.74) is 6.97. The zero-order valence-corrected chi connectivity index (χ0v) is 12.7. The Hall–Kier alpha value is -2.00. The Morgan fingerprint density at radius 3 is 2.90 bits per heavy atom. The van der Waals surface area contributed by atoms with E-state index in [1.807, 2.05) is 0 Å². The summed E-state index contributed by atoms with van der Waals surface area (Å²) in [7, 11) is 0. The molecule has 0 aliphatic rings. The molecular weight excluding hydrogens is 346 g/mol. The summed E-state index contributed by atoms with van der Waals surface area (Å²) in [4.78, 5) is 12.5. The smallest absolute Gasteiger partial charge is 0.269 e. The van der Waals surface area contributed by atoms with Gasteiger partial charge >= 0.3 is 0 Å². The Kier molecular flexibility index (Phi) is 4.30. The van der Waals surface area contributed by atoms with Crippen LogP contribution in [0.15, 0.2) is 27.8 Å². The second kappa shape index (κ2) is 5.97. The van der Waals surface area contributed by atoms with E-state index < -0.39 is 0 Å². The number of carbonyl (C=O) groups is 1. The fourth-order valence-corrected chi connectivity index (χ4v) is 2.43. The summed E-state index contributed by atoms with van der Waals surface area (Å²) in [6, 6.07) is 5.02. The molecule has 1 heterocycles. The average Bonchev–Trinajstić information content (AvgIpc) is 2.84. The molecule has 2 aromatic rings. The number of oxime groups is 1. The van der Waals surface area contributed by atoms with Crippen molar-refractivity contribution < 1.29 is 10.0 Å². The molecule has 0 fully saturated rings. The molecule has 2 rings (SSSR count). The Balaban J connectivity index is 2.36. The molecule has 20 heavy (non-hydrogen) atoms. The van der Waals surface area contributed by atoms with Crippen molar-refractivity contribution in [1.29, 1.82) is 0 Å². The van der Waals surface area contributed by atoms with E-state index in [1.165, 1.54) is 0 Å². The lowest BCUT2D eigenvalue weighted by molar-refractivity contribution is 0.103. The lowest BCUT2D eigenvalue weighted by atomic mass is 10.1. The number of rotatable bonds is 3. The van der Waals surface area contributed by atoms with Gasteiger partial charge < -0.3 is 16.3 Å². The van der Waals surface area contributed by atoms with Gasteiger partial charge in [-0.3, -0.25) is 4.79 Å². The first-order valence-corrected chi connectivity index (χ1v) is 6.97. The number of hydrogen-bond acceptors (Lipinski definition) is 6. The van der Waals surface area contributed by atoms with Crippen molar-refractivity contribution in [1.82, 2.24) is 9.59 Å². The fraction of sp³-hybridized carbons (Fsp3) is 0.0909. The molecule has 0 unspecified atom stereocenters. The largest absolute Gasteiger partial charge is 0.409 e. The number of nitrogens with two attached hydrogens (primary N) is 1. The van der Waals surface area contributed by atoms with Gasteiger partial charge in [0.15, 0.2) is 5.84 Å². The van der Waals surface area contributed by atoms with Gasteiger partial charge in [0, 0.05) is 10.0 Å². The Bertz CT molecular complexity index is 685. The highest BCUT2D eigenvalue weighted by atomic mass is 79.9. The van der Waals surface area contributed by atoms with E-state index >= 15 is 0 Å². The van der Waals surface area contributed by atoms with Gasteiger partial charge in [-0.2, -0.15) is 0 Å². The molecule has 104 valence electrons. The van der Waals surface area contributed by atoms with Crippen LogP contribution in [0.4, 0.5) is 5.69 Å². The van der Waals surface area contributed by atoms with Crippen molar-refractivity contribution in [3.63, 3.8) is 0 Å². The van der Waals surface area contributed by atoms with Gasteiger partial charge in [0.05, 0.1) is 11.4 Å². The number of anilines is 1. The maximum Gasteiger partial charge on any atom is 0.269 e. The van der Waals surface area contributed by atoms with E-state index in [2.05, 4.69) is 36.0 Å². The monoisotopic (exact) mass is 355 g/mol. The average molecular weight is 356 g/mol. The van der Waals surface area contributed by atoms with Crippen LogP contribution in [0.25, 0.3) is 0 Å². The highest BCUT2D eigenvalue weighted by Gasteiger charge is 2.16. The number of carbonyl (C=O) groups excluding carboxylic acids is 1. The second-order valence-corrected chi connectivity index (χ2v) is 5.49. The highest BCUT2D eigenvalue weighted by Crippen LogP contribution is 2.23. The molecule has 0 atom stereocenters. The minimum Gasteiger partial charge on any atom is -0.409 e. The van der Waals surface area contributed by atoms with Crippen LogP contribution in [0.2, 0.25) is 0 Å². The summed E-state index contributed by atoms with van der Waals surface area (Å²) in [5, 5.41) is 18.2. The molecule has 0 saturated carbocycles. The molecule has 9 heteroatoms. The lowest BCUT2D eigenvalue weighted by Gasteiger charge is -2.10. The van der Waals surface area contributed by atoms with Crippen LogP contribution in [0.5, 0.6) is 0 Å². The Labute approximate surface area is 126 Å². The van der Waals surface area contributed by atoms with Crippen LogP contribution in [-0.4, -0.2) is 26.5 Å². The number of aromatic nitrogens is 2. The van der Waals surface area contributed by atoms with Crippen molar-refractivity contribution in [2.24, 2.45) is 10.9 Å². The third kappa shape index (κ3) is 2.94. The molecule has 0 aliphatic carbocycles. The summed E-state index contributed by atoms with van der Waals surface area (Å²) in [6.45, 7) is 1.70. The zero-order chi connectivity index (χ0) is 14.7. The topological polar surface area (TPSA) is 113 Å². The molecule has 7 nitrogen and oxygen atoms in total. The normalized spacial score (nSPS) is 11.4. The second-order valence-electron chi connectivity index (χ2n) is 3.82. The molecule has 0 spiro atoms. The Morgan fingerprint density at radius 2 is 2.30 bits per heavy atom. The summed E-state index contributed by atoms with van der Waals surface area (Å²) >= 11 is 4.31. The third-order valence-electron chi connectivity index (χ3n) is 2.47. The molecule has 0 bridgehead atoms. The van der Waals surface area contributed by atoms with Gasteiger partial charge in [-0.25, -0.2) is 0 Å². The number of amidine groups is 1. The summed E-state index contributed by atoms with van der Waals surface area (Å²) < 4.78 is 4.46. The number of amides is 1. The van der Waals surface area contributed by atoms with Crippen LogP contribution in [0.1, 0.15) is 20.9 Å². The van der Waals surface area contributed by atoms with Gasteiger partial charge in [0.25, 0.3) is 5.91 Å². The predicted octanol–water partition coefficient (Wildman–Crippen LogP) is 1.96. The SMILES string of the molecule is Cc1nnsc1C(=O)Nc1cc(Br)ccc1/C(N)=N/O. The lowest BCUT2D eigenvalue weighted by Crippen LogP contribution is -2.19. The first kappa shape index (κ1) is 14.4. The van der Waals surface area contributed by atoms with Crippen molar-refractivity contribution in [2.75, 3.05) is 5.32 Å². The molecule has 0 aliphatic heterocycles.